The summed E-state index contributed by atoms with van der Waals surface area (Å²) >= 11 is 0. The molecular weight excluding hydrogens is 186 g/mol. The molecule has 0 saturated carbocycles. The summed E-state index contributed by atoms with van der Waals surface area (Å²) in [7, 11) is 1.44. The van der Waals surface area contributed by atoms with Crippen LogP contribution in [0.15, 0.2) is 29.2 Å². The third kappa shape index (κ3) is 2.10. The summed E-state index contributed by atoms with van der Waals surface area (Å²) in [6.07, 6.45) is 0. The van der Waals surface area contributed by atoms with Gasteiger partial charge in [-0.15, -0.1) is 0 Å². The van der Waals surface area contributed by atoms with Crippen LogP contribution >= 0.6 is 10.7 Å². The van der Waals surface area contributed by atoms with Crippen LogP contribution in [0.4, 0.5) is 5.69 Å². The Morgan fingerprint density at radius 1 is 1.18 bits per heavy atom. The number of halogens is 1. The highest BCUT2D eigenvalue weighted by Crippen LogP contribution is 2.15. The topological polar surface area (TPSA) is 60.2 Å². The summed E-state index contributed by atoms with van der Waals surface area (Å²) < 4.78 is 21.3. The Hall–Kier alpha value is -0.740. The van der Waals surface area contributed by atoms with Crippen LogP contribution in [0.5, 0.6) is 0 Å². The van der Waals surface area contributed by atoms with Crippen molar-refractivity contribution < 1.29 is 8.42 Å². The molecule has 0 heterocycles. The van der Waals surface area contributed by atoms with Crippen LogP contribution in [-0.2, 0) is 9.05 Å². The number of nitrogen functional groups attached to an aromatic ring is 1. The maximum Gasteiger partial charge on any atom is 0.261 e. The molecule has 3 nitrogen and oxygen atoms in total. The Morgan fingerprint density at radius 2 is 1.64 bits per heavy atom. The lowest BCUT2D eigenvalue weighted by Gasteiger charge is -1.94. The zero-order chi connectivity index (χ0) is 8.48. The highest BCUT2D eigenvalue weighted by molar-refractivity contribution is 8.13. The van der Waals surface area contributed by atoms with Gasteiger partial charge in [-0.1, -0.05) is 0 Å². The number of hydrogen-bond acceptors (Lipinski definition) is 3. The molecule has 0 aliphatic carbocycles. The first-order valence-electron chi connectivity index (χ1n) is 2.80. The summed E-state index contributed by atoms with van der Waals surface area (Å²) in [5.41, 5.74) is 5.84. The molecule has 0 bridgehead atoms. The van der Waals surface area contributed by atoms with Crippen molar-refractivity contribution in [2.45, 2.75) is 4.90 Å². The second kappa shape index (κ2) is 2.71. The quantitative estimate of drug-likeness (QED) is 0.536. The van der Waals surface area contributed by atoms with Crippen LogP contribution in [0.1, 0.15) is 0 Å². The molecule has 11 heavy (non-hydrogen) atoms. The predicted octanol–water partition coefficient (Wildman–Crippen LogP) is 1.20. The van der Waals surface area contributed by atoms with E-state index >= 15 is 0 Å². The van der Waals surface area contributed by atoms with E-state index in [-0.39, 0.29) is 4.90 Å². The van der Waals surface area contributed by atoms with Gasteiger partial charge in [0.2, 0.25) is 0 Å². The van der Waals surface area contributed by atoms with Crippen LogP contribution in [-0.4, -0.2) is 8.42 Å². The van der Waals surface area contributed by atoms with Crippen molar-refractivity contribution in [2.75, 3.05) is 5.73 Å². The van der Waals surface area contributed by atoms with Crippen LogP contribution < -0.4 is 5.73 Å². The van der Waals surface area contributed by atoms with Crippen molar-refractivity contribution in [3.8, 4) is 0 Å². The average molecular weight is 192 g/mol. The first-order valence-corrected chi connectivity index (χ1v) is 5.11. The van der Waals surface area contributed by atoms with Gasteiger partial charge in [0, 0.05) is 16.4 Å². The molecular formula is C6H6ClNO2S. The van der Waals surface area contributed by atoms with Gasteiger partial charge in [0.15, 0.2) is 0 Å². The molecule has 0 atom stereocenters. The van der Waals surface area contributed by atoms with Crippen LogP contribution in [0.25, 0.3) is 0 Å². The number of anilines is 1. The van der Waals surface area contributed by atoms with Gasteiger partial charge in [0.25, 0.3) is 9.05 Å². The van der Waals surface area contributed by atoms with Crippen molar-refractivity contribution in [3.63, 3.8) is 0 Å². The van der Waals surface area contributed by atoms with E-state index in [9.17, 15) is 8.42 Å². The third-order valence-electron chi connectivity index (χ3n) is 1.16. The SMILES string of the molecule is Nc1ccc(S(=O)(=O)Cl)cc1. The second-order valence-electron chi connectivity index (χ2n) is 2.01. The minimum absolute atomic E-state index is 0.0633. The highest BCUT2D eigenvalue weighted by Gasteiger charge is 2.07. The standard InChI is InChI=1S/C6H6ClNO2S/c7-11(9,10)6-3-1-5(8)2-4-6/h1-4H,8H2. The second-order valence-corrected chi connectivity index (χ2v) is 4.57. The summed E-state index contributed by atoms with van der Waals surface area (Å²) in [6, 6.07) is 5.68. The molecule has 1 rings (SSSR count). The van der Waals surface area contributed by atoms with Crippen molar-refractivity contribution in [3.05, 3.63) is 24.3 Å². The Labute approximate surface area is 69.2 Å². The van der Waals surface area contributed by atoms with Crippen molar-refractivity contribution in [2.24, 2.45) is 0 Å². The summed E-state index contributed by atoms with van der Waals surface area (Å²) in [5, 5.41) is 0. The van der Waals surface area contributed by atoms with E-state index in [4.69, 9.17) is 16.4 Å². The first-order chi connectivity index (χ1) is 5.00. The molecule has 60 valence electrons. The lowest BCUT2D eigenvalue weighted by atomic mass is 10.3. The molecule has 0 spiro atoms. The van der Waals surface area contributed by atoms with Crippen molar-refractivity contribution >= 4 is 25.4 Å². The average Bonchev–Trinajstić information content (AvgIpc) is 1.86. The molecule has 0 aromatic heterocycles. The van der Waals surface area contributed by atoms with E-state index in [1.807, 2.05) is 0 Å². The minimum atomic E-state index is -3.60. The Morgan fingerprint density at radius 3 is 2.00 bits per heavy atom. The maximum absolute atomic E-state index is 10.7. The van der Waals surface area contributed by atoms with Gasteiger partial charge >= 0.3 is 0 Å². The Bertz CT molecular complexity index is 343. The van der Waals surface area contributed by atoms with Gasteiger partial charge in [-0.25, -0.2) is 8.42 Å². The lowest BCUT2D eigenvalue weighted by Crippen LogP contribution is -1.90. The van der Waals surface area contributed by atoms with Crippen LogP contribution in [0, 0.1) is 0 Å². The molecule has 1 aromatic carbocycles. The summed E-state index contributed by atoms with van der Waals surface area (Å²) in [4.78, 5) is 0.0633. The van der Waals surface area contributed by atoms with Crippen molar-refractivity contribution in [1.82, 2.24) is 0 Å². The van der Waals surface area contributed by atoms with E-state index in [0.717, 1.165) is 0 Å². The molecule has 0 aliphatic heterocycles. The van der Waals surface area contributed by atoms with Gasteiger partial charge in [-0.2, -0.15) is 0 Å². The lowest BCUT2D eigenvalue weighted by molar-refractivity contribution is 0.609. The van der Waals surface area contributed by atoms with E-state index in [0.29, 0.717) is 5.69 Å². The maximum atomic E-state index is 10.7. The van der Waals surface area contributed by atoms with E-state index in [1.165, 1.54) is 24.3 Å². The highest BCUT2D eigenvalue weighted by atomic mass is 35.7. The molecule has 0 saturated heterocycles. The Balaban J connectivity index is 3.20. The molecule has 0 fully saturated rings. The number of nitrogens with two attached hydrogens (primary N) is 1. The predicted molar refractivity (Wildman–Crippen MR) is 43.9 cm³/mol. The molecule has 1 aromatic rings. The minimum Gasteiger partial charge on any atom is -0.399 e. The smallest absolute Gasteiger partial charge is 0.261 e. The van der Waals surface area contributed by atoms with E-state index in [1.54, 1.807) is 0 Å². The van der Waals surface area contributed by atoms with E-state index < -0.39 is 9.05 Å². The molecule has 2 N–H and O–H groups in total. The zero-order valence-corrected chi connectivity index (χ0v) is 7.06. The van der Waals surface area contributed by atoms with Gasteiger partial charge in [-0.3, -0.25) is 0 Å². The summed E-state index contributed by atoms with van der Waals surface area (Å²) in [6.45, 7) is 0. The number of benzene rings is 1. The molecule has 5 heteroatoms. The molecule has 0 radical (unpaired) electrons. The monoisotopic (exact) mass is 191 g/mol. The van der Waals surface area contributed by atoms with Gasteiger partial charge < -0.3 is 5.73 Å². The third-order valence-corrected chi connectivity index (χ3v) is 2.53. The van der Waals surface area contributed by atoms with Crippen LogP contribution in [0.2, 0.25) is 0 Å². The van der Waals surface area contributed by atoms with Gasteiger partial charge in [-0.05, 0) is 24.3 Å². The first kappa shape index (κ1) is 8.36. The van der Waals surface area contributed by atoms with Crippen molar-refractivity contribution in [1.29, 1.82) is 0 Å². The van der Waals surface area contributed by atoms with E-state index in [2.05, 4.69) is 0 Å². The fourth-order valence-corrected chi connectivity index (χ4v) is 1.40. The fraction of sp³-hybridized carbons (Fsp3) is 0. The van der Waals surface area contributed by atoms with Gasteiger partial charge in [0.1, 0.15) is 0 Å². The van der Waals surface area contributed by atoms with Crippen LogP contribution in [0.3, 0.4) is 0 Å². The normalized spacial score (nSPS) is 11.4. The molecule has 0 amide bonds. The summed E-state index contributed by atoms with van der Waals surface area (Å²) in [5.74, 6) is 0. The fourth-order valence-electron chi connectivity index (χ4n) is 0.630. The van der Waals surface area contributed by atoms with Gasteiger partial charge in [0.05, 0.1) is 4.90 Å². The largest absolute Gasteiger partial charge is 0.399 e. The zero-order valence-electron chi connectivity index (χ0n) is 5.49. The number of rotatable bonds is 1. The number of hydrogen-bond donors (Lipinski definition) is 1. The Kier molecular flexibility index (Phi) is 2.06. The molecule has 0 unspecified atom stereocenters. The molecule has 0 aliphatic rings.